The molecule has 0 radical (unpaired) electrons. The van der Waals surface area contributed by atoms with Crippen LogP contribution in [0.1, 0.15) is 40.0 Å². The van der Waals surface area contributed by atoms with Crippen molar-refractivity contribution in [3.8, 4) is 0 Å². The highest BCUT2D eigenvalue weighted by atomic mass is 15.3. The molecule has 0 spiro atoms. The highest BCUT2D eigenvalue weighted by Gasteiger charge is 2.26. The quantitative estimate of drug-likeness (QED) is 0.712. The molecule has 0 bridgehead atoms. The Morgan fingerprint density at radius 1 is 0.947 bits per heavy atom. The summed E-state index contributed by atoms with van der Waals surface area (Å²) in [5, 5.41) is 3.59. The van der Waals surface area contributed by atoms with Gasteiger partial charge in [-0.05, 0) is 37.1 Å². The molecule has 1 heterocycles. The Labute approximate surface area is 119 Å². The molecule has 1 N–H and O–H groups in total. The van der Waals surface area contributed by atoms with E-state index in [0.717, 1.165) is 19.0 Å². The van der Waals surface area contributed by atoms with Crippen LogP contribution in [0, 0.1) is 11.3 Å². The van der Waals surface area contributed by atoms with E-state index in [2.05, 4.69) is 35.9 Å². The Morgan fingerprint density at radius 3 is 2.16 bits per heavy atom. The number of nitrogens with one attached hydrogen (secondary N) is 1. The predicted molar refractivity (Wildman–Crippen MR) is 82.5 cm³/mol. The zero-order valence-corrected chi connectivity index (χ0v) is 13.2. The monoisotopic (exact) mass is 267 g/mol. The maximum Gasteiger partial charge on any atom is 0.0110 e. The van der Waals surface area contributed by atoms with Gasteiger partial charge in [0.1, 0.15) is 0 Å². The van der Waals surface area contributed by atoms with Gasteiger partial charge in [-0.25, -0.2) is 0 Å². The molecule has 19 heavy (non-hydrogen) atoms. The fourth-order valence-electron chi connectivity index (χ4n) is 2.69. The van der Waals surface area contributed by atoms with Crippen molar-refractivity contribution in [2.24, 2.45) is 11.3 Å². The van der Waals surface area contributed by atoms with Gasteiger partial charge in [0.25, 0.3) is 0 Å². The number of nitrogens with zero attached hydrogens (tertiary/aromatic N) is 2. The van der Waals surface area contributed by atoms with Crippen molar-refractivity contribution in [1.82, 2.24) is 15.1 Å². The predicted octanol–water partition coefficient (Wildman–Crippen LogP) is 2.04. The third-order valence-electron chi connectivity index (χ3n) is 4.33. The lowest BCUT2D eigenvalue weighted by atomic mass is 9.92. The second kappa shape index (κ2) is 7.05. The van der Waals surface area contributed by atoms with Crippen LogP contribution in [0.15, 0.2) is 0 Å². The van der Waals surface area contributed by atoms with Crippen molar-refractivity contribution in [1.29, 1.82) is 0 Å². The molecule has 0 atom stereocenters. The number of piperazine rings is 1. The first-order valence-corrected chi connectivity index (χ1v) is 8.18. The number of hydrogen-bond donors (Lipinski definition) is 1. The van der Waals surface area contributed by atoms with Crippen LogP contribution in [0.3, 0.4) is 0 Å². The highest BCUT2D eigenvalue weighted by Crippen LogP contribution is 2.29. The fourth-order valence-corrected chi connectivity index (χ4v) is 2.69. The molecule has 2 aliphatic rings. The van der Waals surface area contributed by atoms with Gasteiger partial charge in [0.05, 0.1) is 0 Å². The van der Waals surface area contributed by atoms with E-state index in [0.29, 0.717) is 5.41 Å². The maximum absolute atomic E-state index is 3.59. The summed E-state index contributed by atoms with van der Waals surface area (Å²) in [7, 11) is 0. The molecule has 0 aromatic carbocycles. The molecule has 0 unspecified atom stereocenters. The van der Waals surface area contributed by atoms with Crippen molar-refractivity contribution in [3.05, 3.63) is 0 Å². The van der Waals surface area contributed by atoms with Gasteiger partial charge in [-0.1, -0.05) is 20.8 Å². The minimum atomic E-state index is 0.460. The topological polar surface area (TPSA) is 18.5 Å². The van der Waals surface area contributed by atoms with Gasteiger partial charge in [-0.15, -0.1) is 0 Å². The molecule has 1 saturated carbocycles. The first kappa shape index (κ1) is 15.3. The first-order valence-electron chi connectivity index (χ1n) is 8.18. The van der Waals surface area contributed by atoms with E-state index < -0.39 is 0 Å². The van der Waals surface area contributed by atoms with Crippen LogP contribution >= 0.6 is 0 Å². The lowest BCUT2D eigenvalue weighted by molar-refractivity contribution is 0.129. The Morgan fingerprint density at radius 2 is 1.58 bits per heavy atom. The highest BCUT2D eigenvalue weighted by molar-refractivity contribution is 4.80. The molecular formula is C16H33N3. The summed E-state index contributed by atoms with van der Waals surface area (Å²) in [5.41, 5.74) is 0.460. The van der Waals surface area contributed by atoms with Crippen LogP contribution in [0.5, 0.6) is 0 Å². The summed E-state index contributed by atoms with van der Waals surface area (Å²) in [5.74, 6) is 1.05. The molecule has 0 aromatic heterocycles. The average molecular weight is 267 g/mol. The average Bonchev–Trinajstić information content (AvgIpc) is 3.13. The van der Waals surface area contributed by atoms with E-state index in [1.54, 1.807) is 0 Å². The van der Waals surface area contributed by atoms with Crippen LogP contribution in [0.2, 0.25) is 0 Å². The molecule has 3 nitrogen and oxygen atoms in total. The SMILES string of the molecule is CC(C)(C)CCNCCN1CCN(CC2CC2)CC1. The zero-order chi connectivity index (χ0) is 13.7. The molecular weight excluding hydrogens is 234 g/mol. The van der Waals surface area contributed by atoms with Crippen molar-refractivity contribution >= 4 is 0 Å². The summed E-state index contributed by atoms with van der Waals surface area (Å²) in [6.45, 7) is 17.0. The van der Waals surface area contributed by atoms with E-state index in [1.807, 2.05) is 0 Å². The summed E-state index contributed by atoms with van der Waals surface area (Å²) in [6.07, 6.45) is 4.23. The second-order valence-corrected chi connectivity index (χ2v) is 7.65. The van der Waals surface area contributed by atoms with Crippen LogP contribution in [-0.4, -0.2) is 62.2 Å². The Kier molecular flexibility index (Phi) is 5.67. The van der Waals surface area contributed by atoms with Crippen molar-refractivity contribution in [3.63, 3.8) is 0 Å². The molecule has 112 valence electrons. The first-order chi connectivity index (χ1) is 9.03. The molecule has 2 rings (SSSR count). The molecule has 2 fully saturated rings. The number of rotatable bonds is 7. The van der Waals surface area contributed by atoms with Gasteiger partial charge in [-0.2, -0.15) is 0 Å². The normalized spacial score (nSPS) is 22.9. The third kappa shape index (κ3) is 6.73. The fraction of sp³-hybridized carbons (Fsp3) is 1.00. The lowest BCUT2D eigenvalue weighted by Gasteiger charge is -2.34. The summed E-state index contributed by atoms with van der Waals surface area (Å²) < 4.78 is 0. The van der Waals surface area contributed by atoms with Crippen LogP contribution in [-0.2, 0) is 0 Å². The van der Waals surface area contributed by atoms with Crippen molar-refractivity contribution in [2.45, 2.75) is 40.0 Å². The Bertz CT molecular complexity index is 247. The van der Waals surface area contributed by atoms with Gasteiger partial charge in [0.2, 0.25) is 0 Å². The number of hydrogen-bond acceptors (Lipinski definition) is 3. The van der Waals surface area contributed by atoms with E-state index in [9.17, 15) is 0 Å². The molecule has 3 heteroatoms. The minimum absolute atomic E-state index is 0.460. The van der Waals surface area contributed by atoms with Gasteiger partial charge >= 0.3 is 0 Å². The van der Waals surface area contributed by atoms with E-state index in [-0.39, 0.29) is 0 Å². The summed E-state index contributed by atoms with van der Waals surface area (Å²) >= 11 is 0. The van der Waals surface area contributed by atoms with Gasteiger partial charge in [-0.3, -0.25) is 4.90 Å². The molecule has 0 aromatic rings. The maximum atomic E-state index is 3.59. The largest absolute Gasteiger partial charge is 0.315 e. The smallest absolute Gasteiger partial charge is 0.0110 e. The van der Waals surface area contributed by atoms with Crippen LogP contribution in [0.4, 0.5) is 0 Å². The molecule has 1 aliphatic heterocycles. The standard InChI is InChI=1S/C16H33N3/c1-16(2,3)6-7-17-8-9-18-10-12-19(13-11-18)14-15-4-5-15/h15,17H,4-14H2,1-3H3. The van der Waals surface area contributed by atoms with E-state index in [4.69, 9.17) is 0 Å². The Balaban J connectivity index is 1.46. The van der Waals surface area contributed by atoms with Gasteiger partial charge in [0.15, 0.2) is 0 Å². The van der Waals surface area contributed by atoms with Crippen molar-refractivity contribution in [2.75, 3.05) is 52.4 Å². The zero-order valence-electron chi connectivity index (χ0n) is 13.2. The molecule has 0 amide bonds. The third-order valence-corrected chi connectivity index (χ3v) is 4.33. The van der Waals surface area contributed by atoms with Gasteiger partial charge < -0.3 is 10.2 Å². The van der Waals surface area contributed by atoms with Gasteiger partial charge in [0, 0.05) is 45.8 Å². The van der Waals surface area contributed by atoms with Crippen molar-refractivity contribution < 1.29 is 0 Å². The van der Waals surface area contributed by atoms with E-state index >= 15 is 0 Å². The van der Waals surface area contributed by atoms with Crippen LogP contribution in [0.25, 0.3) is 0 Å². The molecule has 1 aliphatic carbocycles. The summed E-state index contributed by atoms with van der Waals surface area (Å²) in [6, 6.07) is 0. The second-order valence-electron chi connectivity index (χ2n) is 7.65. The van der Waals surface area contributed by atoms with E-state index in [1.165, 1.54) is 58.5 Å². The van der Waals surface area contributed by atoms with Crippen LogP contribution < -0.4 is 5.32 Å². The Hall–Kier alpha value is -0.120. The molecule has 1 saturated heterocycles. The minimum Gasteiger partial charge on any atom is -0.315 e. The summed E-state index contributed by atoms with van der Waals surface area (Å²) in [4.78, 5) is 5.29. The lowest BCUT2D eigenvalue weighted by Crippen LogP contribution is -2.48.